The number of carbonyl (C=O) groups is 1. The monoisotopic (exact) mass is 338 g/mol. The van der Waals surface area contributed by atoms with Crippen LogP contribution in [-0.4, -0.2) is 12.6 Å². The van der Waals surface area contributed by atoms with E-state index >= 15 is 0 Å². The number of fused-ring (bicyclic) bond motifs is 1. The number of rotatable bonds is 5. The normalized spacial score (nSPS) is 10.6. The molecular formula is C20H18O5. The van der Waals surface area contributed by atoms with Crippen molar-refractivity contribution in [2.24, 2.45) is 0 Å². The van der Waals surface area contributed by atoms with E-state index in [0.717, 1.165) is 11.1 Å². The summed E-state index contributed by atoms with van der Waals surface area (Å²) in [5, 5.41) is 0.630. The van der Waals surface area contributed by atoms with Gasteiger partial charge in [-0.2, -0.15) is 0 Å². The zero-order chi connectivity index (χ0) is 17.8. The third-order valence-electron chi connectivity index (χ3n) is 3.69. The molecule has 2 aromatic carbocycles. The van der Waals surface area contributed by atoms with Gasteiger partial charge in [0.2, 0.25) is 0 Å². The summed E-state index contributed by atoms with van der Waals surface area (Å²) in [5.41, 5.74) is 1.75. The maximum atomic E-state index is 12.0. The Labute approximate surface area is 144 Å². The minimum Gasteiger partial charge on any atom is -0.489 e. The molecule has 0 aliphatic rings. The van der Waals surface area contributed by atoms with Crippen molar-refractivity contribution in [1.82, 2.24) is 0 Å². The van der Waals surface area contributed by atoms with Crippen LogP contribution in [0.4, 0.5) is 0 Å². The number of esters is 1. The summed E-state index contributed by atoms with van der Waals surface area (Å²) >= 11 is 0. The molecule has 0 aliphatic heterocycles. The first-order chi connectivity index (χ1) is 12.1. The summed E-state index contributed by atoms with van der Waals surface area (Å²) in [6.45, 7) is 4.31. The van der Waals surface area contributed by atoms with Gasteiger partial charge in [0.1, 0.15) is 23.5 Å². The fourth-order valence-electron chi connectivity index (χ4n) is 2.50. The van der Waals surface area contributed by atoms with Crippen molar-refractivity contribution in [3.05, 3.63) is 75.6 Å². The zero-order valence-electron chi connectivity index (χ0n) is 14.1. The van der Waals surface area contributed by atoms with Crippen LogP contribution in [0.25, 0.3) is 11.0 Å². The second kappa shape index (κ2) is 7.21. The van der Waals surface area contributed by atoms with Crippen LogP contribution < -0.4 is 10.4 Å². The second-order valence-electron chi connectivity index (χ2n) is 5.65. The first-order valence-corrected chi connectivity index (χ1v) is 8.00. The van der Waals surface area contributed by atoms with Crippen molar-refractivity contribution in [2.75, 3.05) is 6.61 Å². The highest BCUT2D eigenvalue weighted by Gasteiger charge is 2.15. The van der Waals surface area contributed by atoms with Crippen molar-refractivity contribution < 1.29 is 18.7 Å². The Kier molecular flexibility index (Phi) is 4.84. The van der Waals surface area contributed by atoms with Crippen molar-refractivity contribution >= 4 is 16.9 Å². The molecule has 0 bridgehead atoms. The molecule has 5 nitrogen and oxygen atoms in total. The topological polar surface area (TPSA) is 65.7 Å². The van der Waals surface area contributed by atoms with Gasteiger partial charge in [-0.1, -0.05) is 29.8 Å². The van der Waals surface area contributed by atoms with E-state index in [-0.39, 0.29) is 12.2 Å². The highest BCUT2D eigenvalue weighted by molar-refractivity contribution is 5.93. The Morgan fingerprint density at radius 3 is 2.72 bits per heavy atom. The molecule has 5 heteroatoms. The lowest BCUT2D eigenvalue weighted by Crippen LogP contribution is -2.16. The van der Waals surface area contributed by atoms with Crippen LogP contribution in [0.2, 0.25) is 0 Å². The first kappa shape index (κ1) is 16.8. The van der Waals surface area contributed by atoms with Gasteiger partial charge in [-0.05, 0) is 37.6 Å². The molecule has 0 atom stereocenters. The molecule has 0 aliphatic carbocycles. The molecule has 0 unspecified atom stereocenters. The molecule has 0 amide bonds. The number of hydrogen-bond acceptors (Lipinski definition) is 5. The van der Waals surface area contributed by atoms with Gasteiger partial charge in [0, 0.05) is 11.5 Å². The molecule has 0 saturated heterocycles. The fourth-order valence-corrected chi connectivity index (χ4v) is 2.50. The van der Waals surface area contributed by atoms with Crippen LogP contribution in [-0.2, 0) is 11.3 Å². The Morgan fingerprint density at radius 2 is 1.96 bits per heavy atom. The number of carbonyl (C=O) groups excluding carboxylic acids is 1. The number of aryl methyl sites for hydroxylation is 1. The highest BCUT2D eigenvalue weighted by atomic mass is 16.5. The van der Waals surface area contributed by atoms with E-state index in [0.29, 0.717) is 23.3 Å². The van der Waals surface area contributed by atoms with Gasteiger partial charge in [0.05, 0.1) is 6.61 Å². The predicted molar refractivity (Wildman–Crippen MR) is 94.0 cm³/mol. The summed E-state index contributed by atoms with van der Waals surface area (Å²) in [5.74, 6) is -0.0982. The van der Waals surface area contributed by atoms with Gasteiger partial charge in [-0.15, -0.1) is 0 Å². The van der Waals surface area contributed by atoms with Crippen LogP contribution in [0.5, 0.6) is 5.75 Å². The van der Waals surface area contributed by atoms with E-state index in [1.807, 2.05) is 31.2 Å². The minimum atomic E-state index is -0.721. The largest absolute Gasteiger partial charge is 0.489 e. The molecule has 0 radical (unpaired) electrons. The fraction of sp³-hybridized carbons (Fsp3) is 0.200. The molecule has 128 valence electrons. The third-order valence-corrected chi connectivity index (χ3v) is 3.69. The maximum Gasteiger partial charge on any atom is 0.351 e. The lowest BCUT2D eigenvalue weighted by Gasteiger charge is -2.08. The van der Waals surface area contributed by atoms with Gasteiger partial charge in [-0.3, -0.25) is 0 Å². The van der Waals surface area contributed by atoms with Crippen LogP contribution in [0.1, 0.15) is 28.4 Å². The smallest absolute Gasteiger partial charge is 0.351 e. The van der Waals surface area contributed by atoms with E-state index in [2.05, 4.69) is 0 Å². The van der Waals surface area contributed by atoms with Crippen molar-refractivity contribution in [2.45, 2.75) is 20.5 Å². The predicted octanol–water partition coefficient (Wildman–Crippen LogP) is 3.86. The Balaban J connectivity index is 1.84. The molecule has 0 spiro atoms. The molecule has 25 heavy (non-hydrogen) atoms. The second-order valence-corrected chi connectivity index (χ2v) is 5.65. The molecule has 3 aromatic rings. The molecule has 0 N–H and O–H groups in total. The van der Waals surface area contributed by atoms with Crippen LogP contribution in [0, 0.1) is 6.92 Å². The SMILES string of the molecule is CCOC(=O)c1cc2ccc(OCc3cccc(C)c3)cc2oc1=O. The molecule has 0 saturated carbocycles. The average Bonchev–Trinajstić information content (AvgIpc) is 2.59. The molecular weight excluding hydrogens is 320 g/mol. The van der Waals surface area contributed by atoms with Gasteiger partial charge in [-0.25, -0.2) is 9.59 Å². The van der Waals surface area contributed by atoms with Crippen LogP contribution in [0.3, 0.4) is 0 Å². The third kappa shape index (κ3) is 3.88. The maximum absolute atomic E-state index is 12.0. The Hall–Kier alpha value is -3.08. The van der Waals surface area contributed by atoms with Crippen LogP contribution in [0.15, 0.2) is 57.7 Å². The van der Waals surface area contributed by atoms with Crippen molar-refractivity contribution in [1.29, 1.82) is 0 Å². The Morgan fingerprint density at radius 1 is 1.12 bits per heavy atom. The molecule has 3 rings (SSSR count). The van der Waals surface area contributed by atoms with Gasteiger partial charge in [0.15, 0.2) is 0 Å². The quantitative estimate of drug-likeness (QED) is 0.522. The van der Waals surface area contributed by atoms with E-state index in [4.69, 9.17) is 13.9 Å². The van der Waals surface area contributed by atoms with Crippen LogP contribution >= 0.6 is 0 Å². The average molecular weight is 338 g/mol. The summed E-state index contributed by atoms with van der Waals surface area (Å²) in [6.07, 6.45) is 0. The van der Waals surface area contributed by atoms with E-state index in [9.17, 15) is 9.59 Å². The zero-order valence-corrected chi connectivity index (χ0v) is 14.1. The first-order valence-electron chi connectivity index (χ1n) is 8.00. The van der Waals surface area contributed by atoms with Crippen molar-refractivity contribution in [3.8, 4) is 5.75 Å². The minimum absolute atomic E-state index is 0.109. The summed E-state index contributed by atoms with van der Waals surface area (Å²) < 4.78 is 15.8. The van der Waals surface area contributed by atoms with Gasteiger partial charge < -0.3 is 13.9 Å². The van der Waals surface area contributed by atoms with Gasteiger partial charge in [0.25, 0.3) is 0 Å². The van der Waals surface area contributed by atoms with E-state index in [1.165, 1.54) is 6.07 Å². The van der Waals surface area contributed by atoms with Gasteiger partial charge >= 0.3 is 11.6 Å². The van der Waals surface area contributed by atoms with E-state index in [1.54, 1.807) is 25.1 Å². The summed E-state index contributed by atoms with van der Waals surface area (Å²) in [6, 6.07) is 14.7. The molecule has 1 heterocycles. The Bertz CT molecular complexity index is 971. The lowest BCUT2D eigenvalue weighted by atomic mass is 10.1. The number of ether oxygens (including phenoxy) is 2. The number of hydrogen-bond donors (Lipinski definition) is 0. The standard InChI is InChI=1S/C20H18O5/c1-3-23-19(21)17-10-15-7-8-16(11-18(15)25-20(17)22)24-12-14-6-4-5-13(2)9-14/h4-11H,3,12H2,1-2H3. The molecule has 1 aromatic heterocycles. The van der Waals surface area contributed by atoms with Crippen molar-refractivity contribution in [3.63, 3.8) is 0 Å². The lowest BCUT2D eigenvalue weighted by molar-refractivity contribution is 0.0522. The van der Waals surface area contributed by atoms with E-state index < -0.39 is 11.6 Å². The molecule has 0 fully saturated rings. The number of benzene rings is 2. The highest BCUT2D eigenvalue weighted by Crippen LogP contribution is 2.22. The summed E-state index contributed by atoms with van der Waals surface area (Å²) in [4.78, 5) is 23.7. The summed E-state index contributed by atoms with van der Waals surface area (Å²) in [7, 11) is 0.